The molecular formula is C13H16N4. The fraction of sp³-hybridized carbons (Fsp3) is 0.231. The first-order valence-corrected chi connectivity index (χ1v) is 5.64. The maximum Gasteiger partial charge on any atom is 0.123 e. The average Bonchev–Trinajstić information content (AvgIpc) is 2.79. The Morgan fingerprint density at radius 3 is 2.94 bits per heavy atom. The molecule has 0 fully saturated rings. The van der Waals surface area contributed by atoms with Gasteiger partial charge in [0.25, 0.3) is 0 Å². The van der Waals surface area contributed by atoms with Crippen molar-refractivity contribution in [3.63, 3.8) is 0 Å². The first-order valence-electron chi connectivity index (χ1n) is 5.64. The molecule has 17 heavy (non-hydrogen) atoms. The second kappa shape index (κ2) is 5.30. The van der Waals surface area contributed by atoms with Crippen LogP contribution in [0.4, 0.5) is 5.82 Å². The maximum atomic E-state index is 5.57. The van der Waals surface area contributed by atoms with Crippen molar-refractivity contribution in [3.8, 4) is 11.3 Å². The number of pyridine rings is 1. The number of allylic oxidation sites excluding steroid dienone is 2. The number of hydrogen-bond donors (Lipinski definition) is 1. The Morgan fingerprint density at radius 1 is 1.35 bits per heavy atom. The number of rotatable bonds is 4. The van der Waals surface area contributed by atoms with Crippen LogP contribution in [0.15, 0.2) is 43.0 Å². The second-order valence-corrected chi connectivity index (χ2v) is 3.80. The molecule has 0 radical (unpaired) electrons. The summed E-state index contributed by atoms with van der Waals surface area (Å²) in [5.74, 6) is 0.536. The van der Waals surface area contributed by atoms with Crippen molar-refractivity contribution < 1.29 is 0 Å². The van der Waals surface area contributed by atoms with Crippen molar-refractivity contribution >= 4 is 5.82 Å². The van der Waals surface area contributed by atoms with Gasteiger partial charge in [0.05, 0.1) is 18.2 Å². The standard InChI is InChI=1S/C13H16N4/c1-2-3-4-7-17-10-15-9-12(17)11-5-6-13(14)16-8-11/h2-3,5-6,8-10H,4,7H2,1H3,(H2,14,16)/b3-2+. The van der Waals surface area contributed by atoms with Gasteiger partial charge in [-0.1, -0.05) is 12.2 Å². The summed E-state index contributed by atoms with van der Waals surface area (Å²) in [5, 5.41) is 0. The molecule has 2 N–H and O–H groups in total. The van der Waals surface area contributed by atoms with E-state index in [9.17, 15) is 0 Å². The number of aryl methyl sites for hydroxylation is 1. The summed E-state index contributed by atoms with van der Waals surface area (Å²) in [7, 11) is 0. The number of imidazole rings is 1. The lowest BCUT2D eigenvalue weighted by Gasteiger charge is -2.06. The third kappa shape index (κ3) is 2.72. The van der Waals surface area contributed by atoms with E-state index in [1.807, 2.05) is 25.5 Å². The van der Waals surface area contributed by atoms with Crippen LogP contribution in [0.25, 0.3) is 11.3 Å². The first kappa shape index (κ1) is 11.4. The second-order valence-electron chi connectivity index (χ2n) is 3.80. The summed E-state index contributed by atoms with van der Waals surface area (Å²) in [4.78, 5) is 8.27. The summed E-state index contributed by atoms with van der Waals surface area (Å²) < 4.78 is 2.12. The lowest BCUT2D eigenvalue weighted by atomic mass is 10.2. The van der Waals surface area contributed by atoms with Crippen molar-refractivity contribution in [3.05, 3.63) is 43.0 Å². The van der Waals surface area contributed by atoms with Crippen LogP contribution in [-0.4, -0.2) is 14.5 Å². The van der Waals surface area contributed by atoms with Crippen LogP contribution in [0.1, 0.15) is 13.3 Å². The smallest absolute Gasteiger partial charge is 0.123 e. The third-order valence-corrected chi connectivity index (χ3v) is 2.57. The highest BCUT2D eigenvalue weighted by molar-refractivity contribution is 5.59. The molecule has 0 saturated carbocycles. The van der Waals surface area contributed by atoms with Crippen LogP contribution in [-0.2, 0) is 6.54 Å². The van der Waals surface area contributed by atoms with Crippen molar-refractivity contribution in [1.82, 2.24) is 14.5 Å². The molecule has 0 aliphatic rings. The van der Waals surface area contributed by atoms with Crippen molar-refractivity contribution in [1.29, 1.82) is 0 Å². The molecule has 2 aromatic heterocycles. The summed E-state index contributed by atoms with van der Waals surface area (Å²) in [6.45, 7) is 2.95. The number of aromatic nitrogens is 3. The Balaban J connectivity index is 2.21. The van der Waals surface area contributed by atoms with Gasteiger partial charge in [-0.25, -0.2) is 9.97 Å². The number of hydrogen-bond acceptors (Lipinski definition) is 3. The molecule has 0 spiro atoms. The van der Waals surface area contributed by atoms with E-state index in [0.717, 1.165) is 24.2 Å². The molecule has 4 heteroatoms. The molecule has 88 valence electrons. The lowest BCUT2D eigenvalue weighted by molar-refractivity contribution is 0.715. The Bertz CT molecular complexity index is 496. The molecule has 2 rings (SSSR count). The van der Waals surface area contributed by atoms with E-state index in [0.29, 0.717) is 5.82 Å². The van der Waals surface area contributed by atoms with Gasteiger partial charge in [0.1, 0.15) is 5.82 Å². The van der Waals surface area contributed by atoms with E-state index in [-0.39, 0.29) is 0 Å². The van der Waals surface area contributed by atoms with E-state index in [2.05, 4.69) is 26.7 Å². The molecule has 4 nitrogen and oxygen atoms in total. The number of nitrogens with two attached hydrogens (primary N) is 1. The van der Waals surface area contributed by atoms with Gasteiger partial charge >= 0.3 is 0 Å². The fourth-order valence-corrected chi connectivity index (χ4v) is 1.68. The number of nitrogens with zero attached hydrogens (tertiary/aromatic N) is 3. The monoisotopic (exact) mass is 228 g/mol. The van der Waals surface area contributed by atoms with Gasteiger partial charge in [0.2, 0.25) is 0 Å². The molecule has 0 aromatic carbocycles. The van der Waals surface area contributed by atoms with Crippen molar-refractivity contribution in [2.24, 2.45) is 0 Å². The highest BCUT2D eigenvalue weighted by atomic mass is 15.0. The molecule has 2 aromatic rings. The van der Waals surface area contributed by atoms with E-state index in [4.69, 9.17) is 5.73 Å². The van der Waals surface area contributed by atoms with E-state index >= 15 is 0 Å². The Labute approximate surface area is 101 Å². The van der Waals surface area contributed by atoms with Crippen LogP contribution < -0.4 is 5.73 Å². The first-order chi connectivity index (χ1) is 8.31. The SMILES string of the molecule is C/C=C/CCn1cncc1-c1ccc(N)nc1. The molecular weight excluding hydrogens is 212 g/mol. The molecule has 0 saturated heterocycles. The van der Waals surface area contributed by atoms with Crippen LogP contribution >= 0.6 is 0 Å². The Hall–Kier alpha value is -2.10. The van der Waals surface area contributed by atoms with Gasteiger partial charge in [-0.15, -0.1) is 0 Å². The van der Waals surface area contributed by atoms with Gasteiger partial charge in [-0.3, -0.25) is 0 Å². The van der Waals surface area contributed by atoms with Gasteiger partial charge in [-0.05, 0) is 25.5 Å². The third-order valence-electron chi connectivity index (χ3n) is 2.57. The summed E-state index contributed by atoms with van der Waals surface area (Å²) in [6, 6.07) is 3.77. The van der Waals surface area contributed by atoms with Gasteiger partial charge in [0, 0.05) is 18.3 Å². The van der Waals surface area contributed by atoms with E-state index < -0.39 is 0 Å². The minimum absolute atomic E-state index is 0.536. The Kier molecular flexibility index (Phi) is 3.55. The molecule has 0 unspecified atom stereocenters. The van der Waals surface area contributed by atoms with Crippen LogP contribution in [0, 0.1) is 0 Å². The number of nitrogen functional groups attached to an aromatic ring is 1. The van der Waals surface area contributed by atoms with Crippen molar-refractivity contribution in [2.45, 2.75) is 19.9 Å². The average molecular weight is 228 g/mol. The summed E-state index contributed by atoms with van der Waals surface area (Å²) in [6.07, 6.45) is 10.7. The molecule has 0 aliphatic carbocycles. The van der Waals surface area contributed by atoms with Crippen LogP contribution in [0.3, 0.4) is 0 Å². The van der Waals surface area contributed by atoms with E-state index in [1.54, 1.807) is 12.3 Å². The lowest BCUT2D eigenvalue weighted by Crippen LogP contribution is -1.98. The minimum Gasteiger partial charge on any atom is -0.384 e. The van der Waals surface area contributed by atoms with Crippen LogP contribution in [0.2, 0.25) is 0 Å². The predicted molar refractivity (Wildman–Crippen MR) is 69.3 cm³/mol. The quantitative estimate of drug-likeness (QED) is 0.818. The highest BCUT2D eigenvalue weighted by Crippen LogP contribution is 2.18. The molecule has 0 atom stereocenters. The maximum absolute atomic E-state index is 5.57. The van der Waals surface area contributed by atoms with Crippen LogP contribution in [0.5, 0.6) is 0 Å². The fourth-order valence-electron chi connectivity index (χ4n) is 1.68. The zero-order valence-electron chi connectivity index (χ0n) is 9.87. The number of anilines is 1. The largest absolute Gasteiger partial charge is 0.384 e. The topological polar surface area (TPSA) is 56.7 Å². The summed E-state index contributed by atoms with van der Waals surface area (Å²) in [5.41, 5.74) is 7.68. The minimum atomic E-state index is 0.536. The zero-order chi connectivity index (χ0) is 12.1. The van der Waals surface area contributed by atoms with Gasteiger partial charge < -0.3 is 10.3 Å². The molecule has 0 bridgehead atoms. The normalized spacial score (nSPS) is 11.1. The summed E-state index contributed by atoms with van der Waals surface area (Å²) >= 11 is 0. The van der Waals surface area contributed by atoms with E-state index in [1.165, 1.54) is 0 Å². The Morgan fingerprint density at radius 2 is 2.24 bits per heavy atom. The predicted octanol–water partition coefficient (Wildman–Crippen LogP) is 2.49. The van der Waals surface area contributed by atoms with Gasteiger partial charge in [-0.2, -0.15) is 0 Å². The molecule has 0 aliphatic heterocycles. The van der Waals surface area contributed by atoms with Crippen molar-refractivity contribution in [2.75, 3.05) is 5.73 Å². The molecule has 0 amide bonds. The van der Waals surface area contributed by atoms with Gasteiger partial charge in [0.15, 0.2) is 0 Å². The molecule has 2 heterocycles. The zero-order valence-corrected chi connectivity index (χ0v) is 9.87. The highest BCUT2D eigenvalue weighted by Gasteiger charge is 2.04.